The lowest BCUT2D eigenvalue weighted by Crippen LogP contribution is -2.44. The van der Waals surface area contributed by atoms with Crippen molar-refractivity contribution in [1.82, 2.24) is 4.90 Å². The monoisotopic (exact) mass is 183 g/mol. The van der Waals surface area contributed by atoms with Crippen LogP contribution in [-0.2, 0) is 0 Å². The van der Waals surface area contributed by atoms with Gasteiger partial charge in [-0.05, 0) is 26.7 Å². The van der Waals surface area contributed by atoms with E-state index in [2.05, 4.69) is 18.7 Å². The Labute approximate surface area is 80.8 Å². The van der Waals surface area contributed by atoms with Gasteiger partial charge in [-0.25, -0.2) is 0 Å². The SMILES string of the molecule is C[C@@H]1CCC[C@H](C)N1CCC(=N)N. The van der Waals surface area contributed by atoms with Gasteiger partial charge in [0, 0.05) is 25.0 Å². The van der Waals surface area contributed by atoms with E-state index >= 15 is 0 Å². The van der Waals surface area contributed by atoms with Crippen molar-refractivity contribution in [3.63, 3.8) is 0 Å². The van der Waals surface area contributed by atoms with Crippen molar-refractivity contribution < 1.29 is 0 Å². The summed E-state index contributed by atoms with van der Waals surface area (Å²) < 4.78 is 0. The van der Waals surface area contributed by atoms with Gasteiger partial charge in [-0.15, -0.1) is 0 Å². The Morgan fingerprint density at radius 1 is 1.38 bits per heavy atom. The zero-order valence-corrected chi connectivity index (χ0v) is 8.71. The third-order valence-electron chi connectivity index (χ3n) is 3.02. The highest BCUT2D eigenvalue weighted by atomic mass is 15.2. The van der Waals surface area contributed by atoms with Crippen molar-refractivity contribution in [3.05, 3.63) is 0 Å². The summed E-state index contributed by atoms with van der Waals surface area (Å²) in [5, 5.41) is 7.20. The molecule has 2 atom stereocenters. The molecule has 0 unspecified atom stereocenters. The Morgan fingerprint density at radius 3 is 2.38 bits per heavy atom. The molecule has 3 heteroatoms. The third-order valence-corrected chi connectivity index (χ3v) is 3.02. The first-order chi connectivity index (χ1) is 6.11. The third kappa shape index (κ3) is 2.99. The smallest absolute Gasteiger partial charge is 0.0918 e. The van der Waals surface area contributed by atoms with Gasteiger partial charge in [-0.3, -0.25) is 10.3 Å². The number of amidine groups is 1. The Balaban J connectivity index is 2.39. The lowest BCUT2D eigenvalue weighted by molar-refractivity contribution is 0.107. The molecule has 3 N–H and O–H groups in total. The summed E-state index contributed by atoms with van der Waals surface area (Å²) in [6.45, 7) is 5.50. The van der Waals surface area contributed by atoms with Crippen LogP contribution < -0.4 is 5.73 Å². The molecule has 0 radical (unpaired) electrons. The van der Waals surface area contributed by atoms with E-state index in [1.54, 1.807) is 0 Å². The molecule has 0 saturated carbocycles. The molecule has 3 nitrogen and oxygen atoms in total. The minimum atomic E-state index is 0.310. The van der Waals surface area contributed by atoms with E-state index in [-0.39, 0.29) is 0 Å². The van der Waals surface area contributed by atoms with E-state index in [0.29, 0.717) is 24.3 Å². The fourth-order valence-corrected chi connectivity index (χ4v) is 2.17. The normalized spacial score (nSPS) is 30.3. The molecule has 0 spiro atoms. The highest BCUT2D eigenvalue weighted by Gasteiger charge is 2.23. The van der Waals surface area contributed by atoms with Crippen molar-refractivity contribution in [2.24, 2.45) is 5.73 Å². The molecule has 0 aliphatic carbocycles. The van der Waals surface area contributed by atoms with Crippen LogP contribution in [0.3, 0.4) is 0 Å². The average Bonchev–Trinajstić information content (AvgIpc) is 2.03. The van der Waals surface area contributed by atoms with E-state index in [1.165, 1.54) is 19.3 Å². The van der Waals surface area contributed by atoms with Crippen LogP contribution in [0.15, 0.2) is 0 Å². The topological polar surface area (TPSA) is 53.1 Å². The summed E-state index contributed by atoms with van der Waals surface area (Å²) in [6.07, 6.45) is 4.65. The summed E-state index contributed by atoms with van der Waals surface area (Å²) in [5.74, 6) is 0.310. The van der Waals surface area contributed by atoms with Crippen LogP contribution in [-0.4, -0.2) is 29.4 Å². The molecular formula is C10H21N3. The van der Waals surface area contributed by atoms with Crippen LogP contribution in [0.2, 0.25) is 0 Å². The number of rotatable bonds is 3. The lowest BCUT2D eigenvalue weighted by atomic mass is 9.97. The molecule has 13 heavy (non-hydrogen) atoms. The minimum Gasteiger partial charge on any atom is -0.388 e. The summed E-state index contributed by atoms with van der Waals surface area (Å²) in [6, 6.07) is 1.34. The second-order valence-electron chi connectivity index (χ2n) is 4.14. The van der Waals surface area contributed by atoms with Crippen LogP contribution in [0.1, 0.15) is 39.5 Å². The van der Waals surface area contributed by atoms with Crippen LogP contribution in [0, 0.1) is 5.41 Å². The summed E-state index contributed by atoms with van der Waals surface area (Å²) in [4.78, 5) is 2.48. The largest absolute Gasteiger partial charge is 0.388 e. The first kappa shape index (κ1) is 10.5. The van der Waals surface area contributed by atoms with E-state index in [9.17, 15) is 0 Å². The highest BCUT2D eigenvalue weighted by molar-refractivity contribution is 5.76. The number of nitrogens with two attached hydrogens (primary N) is 1. The van der Waals surface area contributed by atoms with Gasteiger partial charge >= 0.3 is 0 Å². The second kappa shape index (κ2) is 4.61. The first-order valence-corrected chi connectivity index (χ1v) is 5.20. The minimum absolute atomic E-state index is 0.310. The maximum Gasteiger partial charge on any atom is 0.0918 e. The van der Waals surface area contributed by atoms with E-state index in [1.807, 2.05) is 0 Å². The van der Waals surface area contributed by atoms with Crippen LogP contribution in [0.5, 0.6) is 0 Å². The summed E-state index contributed by atoms with van der Waals surface area (Å²) >= 11 is 0. The highest BCUT2D eigenvalue weighted by Crippen LogP contribution is 2.22. The molecule has 1 heterocycles. The average molecular weight is 183 g/mol. The Hall–Kier alpha value is -0.570. The molecular weight excluding hydrogens is 162 g/mol. The van der Waals surface area contributed by atoms with Gasteiger partial charge in [-0.2, -0.15) is 0 Å². The Bertz CT molecular complexity index is 169. The number of nitrogens with zero attached hydrogens (tertiary/aromatic N) is 1. The summed E-state index contributed by atoms with van der Waals surface area (Å²) in [7, 11) is 0. The molecule has 0 amide bonds. The molecule has 76 valence electrons. The quantitative estimate of drug-likeness (QED) is 0.515. The van der Waals surface area contributed by atoms with Gasteiger partial charge in [0.05, 0.1) is 5.84 Å². The van der Waals surface area contributed by atoms with Crippen molar-refractivity contribution in [2.75, 3.05) is 6.54 Å². The van der Waals surface area contributed by atoms with Crippen molar-refractivity contribution in [2.45, 2.75) is 51.6 Å². The molecule has 0 aromatic carbocycles. The second-order valence-corrected chi connectivity index (χ2v) is 4.14. The first-order valence-electron chi connectivity index (χ1n) is 5.20. The fraction of sp³-hybridized carbons (Fsp3) is 0.900. The lowest BCUT2D eigenvalue weighted by Gasteiger charge is -2.38. The number of hydrogen-bond acceptors (Lipinski definition) is 2. The molecule has 1 fully saturated rings. The van der Waals surface area contributed by atoms with Crippen molar-refractivity contribution in [1.29, 1.82) is 5.41 Å². The molecule has 1 saturated heterocycles. The molecule has 0 aromatic heterocycles. The maximum absolute atomic E-state index is 7.20. The zero-order valence-electron chi connectivity index (χ0n) is 8.71. The maximum atomic E-state index is 7.20. The molecule has 1 aliphatic heterocycles. The standard InChI is InChI=1S/C10H21N3/c1-8-4-3-5-9(2)13(8)7-6-10(11)12/h8-9H,3-7H2,1-2H3,(H3,11,12)/t8-,9+. The fourth-order valence-electron chi connectivity index (χ4n) is 2.17. The van der Waals surface area contributed by atoms with Gasteiger partial charge in [0.15, 0.2) is 0 Å². The predicted octanol–water partition coefficient (Wildman–Crippen LogP) is 1.58. The molecule has 1 rings (SSSR count). The van der Waals surface area contributed by atoms with E-state index in [4.69, 9.17) is 11.1 Å². The van der Waals surface area contributed by atoms with Crippen molar-refractivity contribution >= 4 is 5.84 Å². The Morgan fingerprint density at radius 2 is 1.92 bits per heavy atom. The number of nitrogens with one attached hydrogen (secondary N) is 1. The molecule has 0 bridgehead atoms. The van der Waals surface area contributed by atoms with Gasteiger partial charge in [-0.1, -0.05) is 6.42 Å². The summed E-state index contributed by atoms with van der Waals surface area (Å²) in [5.41, 5.74) is 5.36. The molecule has 0 aromatic rings. The van der Waals surface area contributed by atoms with Crippen LogP contribution in [0.25, 0.3) is 0 Å². The number of piperidine rings is 1. The number of likely N-dealkylation sites (tertiary alicyclic amines) is 1. The van der Waals surface area contributed by atoms with Crippen molar-refractivity contribution in [3.8, 4) is 0 Å². The molecule has 1 aliphatic rings. The van der Waals surface area contributed by atoms with E-state index < -0.39 is 0 Å². The van der Waals surface area contributed by atoms with Gasteiger partial charge < -0.3 is 5.73 Å². The van der Waals surface area contributed by atoms with Gasteiger partial charge in [0.25, 0.3) is 0 Å². The number of hydrogen-bond donors (Lipinski definition) is 2. The van der Waals surface area contributed by atoms with Gasteiger partial charge in [0.2, 0.25) is 0 Å². The predicted molar refractivity (Wildman–Crippen MR) is 56.0 cm³/mol. The zero-order chi connectivity index (χ0) is 9.84. The van der Waals surface area contributed by atoms with E-state index in [0.717, 1.165) is 6.54 Å². The Kier molecular flexibility index (Phi) is 3.72. The van der Waals surface area contributed by atoms with Crippen LogP contribution >= 0.6 is 0 Å². The van der Waals surface area contributed by atoms with Gasteiger partial charge in [0.1, 0.15) is 0 Å². The van der Waals surface area contributed by atoms with Crippen LogP contribution in [0.4, 0.5) is 0 Å².